The molecule has 0 bridgehead atoms. The van der Waals surface area contributed by atoms with Crippen molar-refractivity contribution in [2.75, 3.05) is 7.11 Å². The first-order valence-electron chi connectivity index (χ1n) is 11.7. The van der Waals surface area contributed by atoms with Gasteiger partial charge in [-0.15, -0.1) is 0 Å². The highest BCUT2D eigenvalue weighted by molar-refractivity contribution is 5.97. The summed E-state index contributed by atoms with van der Waals surface area (Å²) in [6, 6.07) is 6.51. The lowest BCUT2D eigenvalue weighted by molar-refractivity contribution is -0.155. The number of ether oxygens (including phenoxy) is 2. The highest BCUT2D eigenvalue weighted by Crippen LogP contribution is 2.46. The molecule has 0 aliphatic carbocycles. The molecule has 5 rings (SSSR count). The number of carbonyl (C=O) groups excluding carboxylic acids is 1. The second-order valence-corrected chi connectivity index (χ2v) is 9.69. The molecule has 2 aliphatic rings. The Kier molecular flexibility index (Phi) is 5.81. The fourth-order valence-corrected chi connectivity index (χ4v) is 5.19. The topological polar surface area (TPSA) is 56.6 Å². The summed E-state index contributed by atoms with van der Waals surface area (Å²) in [5, 5.41) is 0. The van der Waals surface area contributed by atoms with Crippen LogP contribution in [0.15, 0.2) is 48.6 Å². The van der Waals surface area contributed by atoms with Gasteiger partial charge in [-0.1, -0.05) is 6.07 Å². The van der Waals surface area contributed by atoms with Crippen LogP contribution in [0.2, 0.25) is 0 Å². The number of hydrogen-bond acceptors (Lipinski definition) is 4. The van der Waals surface area contributed by atoms with Gasteiger partial charge in [0.2, 0.25) is 0 Å². The molecule has 6 nitrogen and oxygen atoms in total. The third-order valence-corrected chi connectivity index (χ3v) is 6.89. The van der Waals surface area contributed by atoms with Crippen LogP contribution < -0.4 is 4.74 Å². The van der Waals surface area contributed by atoms with Gasteiger partial charge >= 0.3 is 0 Å². The maximum absolute atomic E-state index is 14.0. The SMILES string of the molecule is COc1cc(C=C2OC(C)(C)[C@H]3CC[C@@H](c4cc(F)c(F)c(F)c4)N3C2=O)ccc1-n1cnc(C)c1. The maximum atomic E-state index is 14.0. The van der Waals surface area contributed by atoms with E-state index in [1.54, 1.807) is 30.5 Å². The van der Waals surface area contributed by atoms with E-state index in [2.05, 4.69) is 4.98 Å². The largest absolute Gasteiger partial charge is 0.495 e. The highest BCUT2D eigenvalue weighted by atomic mass is 19.2. The summed E-state index contributed by atoms with van der Waals surface area (Å²) < 4.78 is 55.1. The summed E-state index contributed by atoms with van der Waals surface area (Å²) in [6.07, 6.45) is 6.27. The van der Waals surface area contributed by atoms with E-state index in [-0.39, 0.29) is 23.3 Å². The molecule has 3 heterocycles. The summed E-state index contributed by atoms with van der Waals surface area (Å²) in [6.45, 7) is 5.65. The number of rotatable bonds is 4. The number of benzene rings is 2. The molecule has 2 fully saturated rings. The zero-order valence-corrected chi connectivity index (χ0v) is 20.4. The zero-order chi connectivity index (χ0) is 25.8. The van der Waals surface area contributed by atoms with E-state index >= 15 is 0 Å². The smallest absolute Gasteiger partial charge is 0.289 e. The van der Waals surface area contributed by atoms with Crippen molar-refractivity contribution in [2.45, 2.75) is 51.3 Å². The Hall–Kier alpha value is -3.75. The number of carbonyl (C=O) groups is 1. The number of hydrogen-bond donors (Lipinski definition) is 0. The third-order valence-electron chi connectivity index (χ3n) is 6.89. The van der Waals surface area contributed by atoms with E-state index in [1.807, 2.05) is 43.7 Å². The molecule has 9 heteroatoms. The number of imidazole rings is 1. The minimum absolute atomic E-state index is 0.111. The molecule has 0 spiro atoms. The highest BCUT2D eigenvalue weighted by Gasteiger charge is 2.52. The van der Waals surface area contributed by atoms with Crippen LogP contribution in [0.4, 0.5) is 13.2 Å². The van der Waals surface area contributed by atoms with Crippen LogP contribution >= 0.6 is 0 Å². The van der Waals surface area contributed by atoms with Crippen molar-refractivity contribution in [2.24, 2.45) is 0 Å². The number of fused-ring (bicyclic) bond motifs is 1. The second-order valence-electron chi connectivity index (χ2n) is 9.69. The molecule has 0 N–H and O–H groups in total. The second kappa shape index (κ2) is 8.72. The summed E-state index contributed by atoms with van der Waals surface area (Å²) in [4.78, 5) is 19.5. The summed E-state index contributed by atoms with van der Waals surface area (Å²) in [5.41, 5.74) is 1.81. The Labute approximate surface area is 207 Å². The average Bonchev–Trinajstić information content (AvgIpc) is 3.48. The first-order chi connectivity index (χ1) is 17.1. The minimum Gasteiger partial charge on any atom is -0.495 e. The minimum atomic E-state index is -1.52. The Morgan fingerprint density at radius 1 is 1.14 bits per heavy atom. The van der Waals surface area contributed by atoms with Gasteiger partial charge in [0.1, 0.15) is 11.4 Å². The lowest BCUT2D eigenvalue weighted by atomic mass is 9.94. The third kappa shape index (κ3) is 4.02. The van der Waals surface area contributed by atoms with Crippen LogP contribution in [0.25, 0.3) is 11.8 Å². The van der Waals surface area contributed by atoms with Crippen LogP contribution in [0, 0.1) is 24.4 Å². The average molecular weight is 498 g/mol. The zero-order valence-electron chi connectivity index (χ0n) is 20.4. The number of morpholine rings is 1. The Morgan fingerprint density at radius 2 is 1.86 bits per heavy atom. The Bertz CT molecular complexity index is 1360. The fraction of sp³-hybridized carbons (Fsp3) is 0.333. The monoisotopic (exact) mass is 497 g/mol. The molecule has 2 aromatic carbocycles. The number of aromatic nitrogens is 2. The van der Waals surface area contributed by atoms with E-state index in [4.69, 9.17) is 9.47 Å². The van der Waals surface area contributed by atoms with E-state index in [0.29, 0.717) is 24.2 Å². The molecule has 1 aromatic heterocycles. The maximum Gasteiger partial charge on any atom is 0.289 e. The lowest BCUT2D eigenvalue weighted by Gasteiger charge is -2.45. The van der Waals surface area contributed by atoms with Gasteiger partial charge in [0.05, 0.1) is 36.9 Å². The van der Waals surface area contributed by atoms with Crippen LogP contribution in [0.5, 0.6) is 5.75 Å². The number of amides is 1. The molecule has 2 aliphatic heterocycles. The van der Waals surface area contributed by atoms with Crippen molar-refractivity contribution in [3.05, 3.63) is 82.9 Å². The predicted octanol–water partition coefficient (Wildman–Crippen LogP) is 5.49. The number of methoxy groups -OCH3 is 1. The first-order valence-corrected chi connectivity index (χ1v) is 11.7. The molecule has 2 saturated heterocycles. The predicted molar refractivity (Wildman–Crippen MR) is 127 cm³/mol. The Balaban J connectivity index is 1.51. The molecule has 188 valence electrons. The van der Waals surface area contributed by atoms with Gasteiger partial charge < -0.3 is 18.9 Å². The molecule has 2 atom stereocenters. The van der Waals surface area contributed by atoms with Crippen molar-refractivity contribution in [3.8, 4) is 11.4 Å². The molecule has 1 amide bonds. The van der Waals surface area contributed by atoms with Gasteiger partial charge in [-0.05, 0) is 75.1 Å². The van der Waals surface area contributed by atoms with Crippen molar-refractivity contribution >= 4 is 12.0 Å². The molecule has 0 unspecified atom stereocenters. The van der Waals surface area contributed by atoms with E-state index in [9.17, 15) is 18.0 Å². The van der Waals surface area contributed by atoms with Gasteiger partial charge in [-0.3, -0.25) is 4.79 Å². The normalized spacial score (nSPS) is 22.0. The number of nitrogens with zero attached hydrogens (tertiary/aromatic N) is 3. The molecule has 0 radical (unpaired) electrons. The standard InChI is InChI=1S/C27H26F3N3O3/c1-15-13-32(14-31-15)21-6-5-16(9-22(21)35-4)10-23-26(34)33-20(7-8-24(33)27(2,3)36-23)17-11-18(28)25(30)19(29)12-17/h5-6,9-14,20,24H,7-8H2,1-4H3/t20-,24+/m0/s1. The summed E-state index contributed by atoms with van der Waals surface area (Å²) >= 11 is 0. The van der Waals surface area contributed by atoms with Gasteiger partial charge in [0, 0.05) is 6.20 Å². The summed E-state index contributed by atoms with van der Waals surface area (Å²) in [7, 11) is 1.56. The molecule has 36 heavy (non-hydrogen) atoms. The molecule has 3 aromatic rings. The van der Waals surface area contributed by atoms with Gasteiger partial charge in [0.25, 0.3) is 5.91 Å². The fourth-order valence-electron chi connectivity index (χ4n) is 5.19. The lowest BCUT2D eigenvalue weighted by Crippen LogP contribution is -2.55. The van der Waals surface area contributed by atoms with Crippen LogP contribution in [0.1, 0.15) is 49.6 Å². The number of aryl methyl sites for hydroxylation is 1. The van der Waals surface area contributed by atoms with Crippen LogP contribution in [-0.2, 0) is 9.53 Å². The van der Waals surface area contributed by atoms with E-state index in [1.165, 1.54) is 0 Å². The van der Waals surface area contributed by atoms with E-state index in [0.717, 1.165) is 23.5 Å². The first kappa shape index (κ1) is 24.0. The van der Waals surface area contributed by atoms with Crippen molar-refractivity contribution < 1.29 is 27.4 Å². The molecular weight excluding hydrogens is 471 g/mol. The van der Waals surface area contributed by atoms with E-state index < -0.39 is 29.1 Å². The van der Waals surface area contributed by atoms with Gasteiger partial charge in [-0.25, -0.2) is 18.2 Å². The quantitative estimate of drug-likeness (QED) is 0.354. The summed E-state index contributed by atoms with van der Waals surface area (Å²) in [5.74, 6) is -3.77. The Morgan fingerprint density at radius 3 is 2.50 bits per heavy atom. The van der Waals surface area contributed by atoms with Crippen LogP contribution in [-0.4, -0.2) is 39.1 Å². The molecular formula is C27H26F3N3O3. The van der Waals surface area contributed by atoms with Crippen molar-refractivity contribution in [1.82, 2.24) is 14.5 Å². The van der Waals surface area contributed by atoms with Gasteiger partial charge in [0.15, 0.2) is 23.2 Å². The molecule has 0 saturated carbocycles. The van der Waals surface area contributed by atoms with Crippen molar-refractivity contribution in [1.29, 1.82) is 0 Å². The van der Waals surface area contributed by atoms with Gasteiger partial charge in [-0.2, -0.15) is 0 Å². The number of halogens is 3. The van der Waals surface area contributed by atoms with Crippen LogP contribution in [0.3, 0.4) is 0 Å². The van der Waals surface area contributed by atoms with Crippen molar-refractivity contribution in [3.63, 3.8) is 0 Å².